The summed E-state index contributed by atoms with van der Waals surface area (Å²) >= 11 is 0. The fourth-order valence-corrected chi connectivity index (χ4v) is 6.31. The van der Waals surface area contributed by atoms with Gasteiger partial charge >= 0.3 is 0 Å². The topological polar surface area (TPSA) is 221 Å². The van der Waals surface area contributed by atoms with Crippen LogP contribution >= 0.6 is 12.4 Å². The van der Waals surface area contributed by atoms with E-state index < -0.39 is 10.0 Å². The van der Waals surface area contributed by atoms with Gasteiger partial charge in [-0.15, -0.1) is 12.4 Å². The number of nitrogens with zero attached hydrogens (tertiary/aromatic N) is 3. The molecule has 2 saturated heterocycles. The first-order valence-electron chi connectivity index (χ1n) is 13.6. The van der Waals surface area contributed by atoms with Gasteiger partial charge in [0.05, 0.1) is 22.3 Å². The van der Waals surface area contributed by atoms with Gasteiger partial charge in [0, 0.05) is 60.0 Å². The number of fused-ring (bicyclic) bond motifs is 1. The molecule has 43 heavy (non-hydrogen) atoms. The predicted octanol–water partition coefficient (Wildman–Crippen LogP) is 6.18. The molecule has 2 aliphatic rings. The Labute approximate surface area is 266 Å². The van der Waals surface area contributed by atoms with Crippen LogP contribution < -0.4 is 37.9 Å². The lowest BCUT2D eigenvalue weighted by Crippen LogP contribution is -2.29. The van der Waals surface area contributed by atoms with E-state index in [9.17, 15) is 8.42 Å². The molecular weight excluding hydrogens is 590 g/mol. The third-order valence-corrected chi connectivity index (χ3v) is 8.64. The lowest BCUT2D eigenvalue weighted by molar-refractivity contribution is 0.578. The minimum Gasteiger partial charge on any atom is -0.412 e. The summed E-state index contributed by atoms with van der Waals surface area (Å²) in [7, 11) is -2.22. The highest BCUT2D eigenvalue weighted by Crippen LogP contribution is 2.33. The Morgan fingerprint density at radius 2 is 1.30 bits per heavy atom. The van der Waals surface area contributed by atoms with Crippen molar-refractivity contribution in [3.8, 4) is 0 Å². The van der Waals surface area contributed by atoms with Crippen molar-refractivity contribution < 1.29 is 19.6 Å². The van der Waals surface area contributed by atoms with Gasteiger partial charge in [-0.3, -0.25) is 9.82 Å². The third kappa shape index (κ3) is 8.95. The first kappa shape index (κ1) is 37.4. The minimum absolute atomic E-state index is 0. The molecule has 0 bridgehead atoms. The summed E-state index contributed by atoms with van der Waals surface area (Å²) in [5.74, 6) is 0. The van der Waals surface area contributed by atoms with Crippen molar-refractivity contribution in [3.05, 3.63) is 66.9 Å². The van der Waals surface area contributed by atoms with Crippen molar-refractivity contribution in [2.45, 2.75) is 37.0 Å². The van der Waals surface area contributed by atoms with Crippen LogP contribution in [0, 0.1) is 0 Å². The van der Waals surface area contributed by atoms with E-state index in [4.69, 9.17) is 0 Å². The van der Waals surface area contributed by atoms with Gasteiger partial charge in [-0.05, 0) is 99.8 Å². The summed E-state index contributed by atoms with van der Waals surface area (Å²) in [6.45, 7) is 4.37. The summed E-state index contributed by atoms with van der Waals surface area (Å²) in [4.78, 5) is 5.15. The van der Waals surface area contributed by atoms with E-state index in [2.05, 4.69) is 54.0 Å². The van der Waals surface area contributed by atoms with Crippen molar-refractivity contribution in [1.82, 2.24) is 22.5 Å². The average Bonchev–Trinajstić information content (AvgIpc) is 3.67. The molecule has 0 atom stereocenters. The zero-order valence-electron chi connectivity index (χ0n) is 24.7. The Bertz CT molecular complexity index is 1530. The van der Waals surface area contributed by atoms with E-state index in [-0.39, 0.29) is 40.8 Å². The molecule has 0 amide bonds. The van der Waals surface area contributed by atoms with Crippen LogP contribution in [-0.4, -0.2) is 57.3 Å². The number of benzene rings is 3. The van der Waals surface area contributed by atoms with Gasteiger partial charge in [0.15, 0.2) is 0 Å². The number of piperidine rings is 1. The Kier molecular flexibility index (Phi) is 14.7. The molecule has 0 saturated carbocycles. The molecule has 4 aromatic rings. The smallest absolute Gasteiger partial charge is 0.261 e. The molecule has 0 spiro atoms. The third-order valence-electron chi connectivity index (χ3n) is 7.24. The van der Waals surface area contributed by atoms with Crippen LogP contribution in [0.15, 0.2) is 71.8 Å². The molecule has 3 heterocycles. The highest BCUT2D eigenvalue weighted by atomic mass is 35.5. The second-order valence-corrected chi connectivity index (χ2v) is 11.6. The summed E-state index contributed by atoms with van der Waals surface area (Å²) in [6.07, 6.45) is 7.94. The lowest BCUT2D eigenvalue weighted by atomic mass is 10.1. The largest absolute Gasteiger partial charge is 0.412 e. The van der Waals surface area contributed by atoms with Crippen LogP contribution in [0.4, 0.5) is 28.4 Å². The van der Waals surface area contributed by atoms with Crippen LogP contribution in [0.3, 0.4) is 0 Å². The number of sulfonamides is 1. The average molecular weight is 644 g/mol. The van der Waals surface area contributed by atoms with E-state index in [1.54, 1.807) is 30.5 Å². The van der Waals surface area contributed by atoms with Crippen molar-refractivity contribution in [2.75, 3.05) is 53.1 Å². The molecule has 1 aromatic heterocycles. The Morgan fingerprint density at radius 1 is 0.767 bits per heavy atom. The molecule has 0 aliphatic carbocycles. The van der Waals surface area contributed by atoms with Crippen LogP contribution in [0.25, 0.3) is 10.9 Å². The van der Waals surface area contributed by atoms with Crippen molar-refractivity contribution in [1.29, 1.82) is 0 Å². The zero-order valence-corrected chi connectivity index (χ0v) is 26.3. The Balaban J connectivity index is -0.000000908. The molecule has 3 aromatic carbocycles. The number of nitrogens with one attached hydrogen (secondary N) is 3. The number of H-pyrrole nitrogens is 1. The monoisotopic (exact) mass is 643 g/mol. The van der Waals surface area contributed by atoms with E-state index in [0.717, 1.165) is 48.5 Å². The number of rotatable bonds is 7. The molecule has 2 fully saturated rings. The van der Waals surface area contributed by atoms with Gasteiger partial charge in [-0.25, -0.2) is 8.42 Å². The number of anilines is 5. The Hall–Kier alpha value is -3.59. The van der Waals surface area contributed by atoms with Crippen LogP contribution in [0.2, 0.25) is 0 Å². The molecule has 14 heteroatoms. The fourth-order valence-electron chi connectivity index (χ4n) is 5.26. The second kappa shape index (κ2) is 16.9. The molecule has 2 aliphatic heterocycles. The van der Waals surface area contributed by atoms with Crippen molar-refractivity contribution in [3.63, 3.8) is 0 Å². The Morgan fingerprint density at radius 3 is 1.88 bits per heavy atom. The van der Waals surface area contributed by atoms with Crippen LogP contribution in [-0.2, 0) is 10.0 Å². The second-order valence-electron chi connectivity index (χ2n) is 9.91. The van der Waals surface area contributed by atoms with Gasteiger partial charge in [-0.2, -0.15) is 5.10 Å². The summed E-state index contributed by atoms with van der Waals surface area (Å²) < 4.78 is 28.6. The standard InChI is InChI=1S/C28H32N6O2S.CH5N.ClH.2H3N.H2O.4H2/c35-37(36,32-23-7-6-21-20-29-31-28(21)18-23)27-10-8-22(9-11-27)30-24-16-25(33-12-2-1-3-13-33)19-26(17-24)34-14-4-5-15-34;1-2;;;;;;;;/h6-11,16-20,30,32H,1-5,12-15H2,(H,29,31);2H2,1H3;1H;2*1H3;1H2;4*1H. The highest BCUT2D eigenvalue weighted by molar-refractivity contribution is 7.92. The van der Waals surface area contributed by atoms with Crippen molar-refractivity contribution >= 4 is 61.8 Å². The maximum absolute atomic E-state index is 13.0. The van der Waals surface area contributed by atoms with E-state index in [1.807, 2.05) is 18.2 Å². The minimum atomic E-state index is -3.72. The molecule has 0 unspecified atom stereocenters. The molecule has 246 valence electrons. The number of halogens is 1. The molecule has 13 N–H and O–H groups in total. The van der Waals surface area contributed by atoms with Gasteiger partial charge in [-0.1, -0.05) is 0 Å². The number of nitrogens with two attached hydrogens (primary N) is 1. The molecule has 6 rings (SSSR count). The van der Waals surface area contributed by atoms with Gasteiger partial charge in [0.1, 0.15) is 0 Å². The van der Waals surface area contributed by atoms with Crippen molar-refractivity contribution in [2.24, 2.45) is 5.73 Å². The normalized spacial score (nSPS) is 14.2. The summed E-state index contributed by atoms with van der Waals surface area (Å²) in [5, 5.41) is 11.3. The van der Waals surface area contributed by atoms with Gasteiger partial charge < -0.3 is 38.6 Å². The molecule has 0 radical (unpaired) electrons. The predicted molar refractivity (Wildman–Crippen MR) is 190 cm³/mol. The van der Waals surface area contributed by atoms with Crippen LogP contribution in [0.1, 0.15) is 37.8 Å². The summed E-state index contributed by atoms with van der Waals surface area (Å²) in [6, 6.07) is 18.9. The quantitative estimate of drug-likeness (QED) is 0.135. The number of hydrogen-bond acceptors (Lipinski definition) is 9. The zero-order chi connectivity index (χ0) is 27.2. The van der Waals surface area contributed by atoms with E-state index in [1.165, 1.54) is 50.5 Å². The van der Waals surface area contributed by atoms with Crippen LogP contribution in [0.5, 0.6) is 0 Å². The van der Waals surface area contributed by atoms with E-state index in [0.29, 0.717) is 5.69 Å². The summed E-state index contributed by atoms with van der Waals surface area (Å²) in [5.41, 5.74) is 10.1. The first-order valence-corrected chi connectivity index (χ1v) is 15.1. The number of aromatic nitrogens is 2. The SMILES string of the molecule is CN.Cl.N.N.O.O=S(=O)(Nc1ccc2cn[nH]c2c1)c1ccc(Nc2cc(N3CCCCC3)cc(N3CCCC3)c2)cc1.[HH].[HH].[HH].[HH]. The lowest BCUT2D eigenvalue weighted by Gasteiger charge is -2.31. The fraction of sp³-hybridized carbons (Fsp3) is 0.345. The maximum atomic E-state index is 13.0. The number of hydrogen-bond donors (Lipinski definition) is 6. The highest BCUT2D eigenvalue weighted by Gasteiger charge is 2.18. The van der Waals surface area contributed by atoms with Gasteiger partial charge in [0.2, 0.25) is 0 Å². The first-order chi connectivity index (χ1) is 19.0. The number of aromatic amines is 1. The van der Waals surface area contributed by atoms with Gasteiger partial charge in [0.25, 0.3) is 10.0 Å². The molecular formula is C29H54ClN9O3S. The molecule has 12 nitrogen and oxygen atoms in total. The maximum Gasteiger partial charge on any atom is 0.261 e. The van der Waals surface area contributed by atoms with E-state index >= 15 is 0 Å².